The van der Waals surface area contributed by atoms with Crippen molar-refractivity contribution in [3.63, 3.8) is 0 Å². The van der Waals surface area contributed by atoms with Crippen molar-refractivity contribution in [1.29, 1.82) is 0 Å². The van der Waals surface area contributed by atoms with Crippen LogP contribution in [0.15, 0.2) is 28.7 Å². The summed E-state index contributed by atoms with van der Waals surface area (Å²) >= 11 is 0. The summed E-state index contributed by atoms with van der Waals surface area (Å²) in [4.78, 5) is 0. The predicted molar refractivity (Wildman–Crippen MR) is 75.6 cm³/mol. The molecule has 0 bridgehead atoms. The molecule has 1 N–H and O–H groups in total. The fourth-order valence-electron chi connectivity index (χ4n) is 1.66. The maximum atomic E-state index is 11.3. The van der Waals surface area contributed by atoms with Gasteiger partial charge in [-0.3, -0.25) is 0 Å². The van der Waals surface area contributed by atoms with Gasteiger partial charge in [0.25, 0.3) is 0 Å². The molecule has 0 spiro atoms. The Morgan fingerprint density at radius 3 is 2.80 bits per heavy atom. The van der Waals surface area contributed by atoms with Gasteiger partial charge in [0.15, 0.2) is 0 Å². The highest BCUT2D eigenvalue weighted by Gasteiger charge is 2.10. The van der Waals surface area contributed by atoms with Crippen molar-refractivity contribution < 1.29 is 12.8 Å². The van der Waals surface area contributed by atoms with E-state index in [0.29, 0.717) is 18.2 Å². The summed E-state index contributed by atoms with van der Waals surface area (Å²) in [6.07, 6.45) is 0.373. The van der Waals surface area contributed by atoms with Crippen molar-refractivity contribution in [3.05, 3.63) is 35.7 Å². The highest BCUT2D eigenvalue weighted by molar-refractivity contribution is 7.89. The first-order valence-electron chi connectivity index (χ1n) is 6.37. The first-order chi connectivity index (χ1) is 9.50. The third-order valence-electron chi connectivity index (χ3n) is 2.77. The number of hydrogen-bond donors (Lipinski definition) is 1. The monoisotopic (exact) mass is 295 g/mol. The molecule has 2 aromatic rings. The van der Waals surface area contributed by atoms with Gasteiger partial charge in [0.1, 0.15) is 0 Å². The number of nitrogens with one attached hydrogen (secondary N) is 1. The van der Waals surface area contributed by atoms with Gasteiger partial charge in [-0.15, -0.1) is 10.2 Å². The highest BCUT2D eigenvalue weighted by Crippen LogP contribution is 2.18. The summed E-state index contributed by atoms with van der Waals surface area (Å²) in [5, 5.41) is 7.89. The van der Waals surface area contributed by atoms with Crippen LogP contribution < -0.4 is 4.72 Å². The molecule has 0 aliphatic rings. The minimum absolute atomic E-state index is 0.0609. The molecule has 7 heteroatoms. The summed E-state index contributed by atoms with van der Waals surface area (Å²) in [6.45, 7) is 3.83. The second-order valence-corrected chi connectivity index (χ2v) is 6.51. The molecule has 108 valence electrons. The van der Waals surface area contributed by atoms with E-state index < -0.39 is 10.0 Å². The maximum Gasteiger partial charge on any atom is 0.247 e. The van der Waals surface area contributed by atoms with E-state index >= 15 is 0 Å². The van der Waals surface area contributed by atoms with Gasteiger partial charge in [-0.1, -0.05) is 17.7 Å². The third kappa shape index (κ3) is 3.88. The van der Waals surface area contributed by atoms with E-state index in [1.54, 1.807) is 6.92 Å². The average molecular weight is 295 g/mol. The lowest BCUT2D eigenvalue weighted by molar-refractivity contribution is 0.502. The number of aromatic nitrogens is 2. The van der Waals surface area contributed by atoms with Crippen molar-refractivity contribution in [2.75, 3.05) is 12.3 Å². The zero-order valence-electron chi connectivity index (χ0n) is 11.5. The fraction of sp³-hybridized carbons (Fsp3) is 0.385. The third-order valence-corrected chi connectivity index (χ3v) is 4.18. The van der Waals surface area contributed by atoms with Crippen LogP contribution in [-0.2, 0) is 16.4 Å². The molecule has 6 nitrogen and oxygen atoms in total. The largest absolute Gasteiger partial charge is 0.421 e. The predicted octanol–water partition coefficient (Wildman–Crippen LogP) is 1.53. The van der Waals surface area contributed by atoms with Gasteiger partial charge in [-0.05, 0) is 26.0 Å². The molecule has 0 radical (unpaired) electrons. The topological polar surface area (TPSA) is 85.1 Å². The molecule has 1 aromatic carbocycles. The summed E-state index contributed by atoms with van der Waals surface area (Å²) in [5.74, 6) is 0.924. The fourth-order valence-corrected chi connectivity index (χ4v) is 2.28. The standard InChI is InChI=1S/C13H17N3O3S/c1-3-20(17,18)14-8-7-12-15-16-13(19-12)11-6-4-5-10(2)9-11/h4-6,9,14H,3,7-8H2,1-2H3. The maximum absolute atomic E-state index is 11.3. The van der Waals surface area contributed by atoms with Crippen LogP contribution in [0.3, 0.4) is 0 Å². The van der Waals surface area contributed by atoms with Crippen molar-refractivity contribution in [2.45, 2.75) is 20.3 Å². The van der Waals surface area contributed by atoms with Crippen LogP contribution >= 0.6 is 0 Å². The molecule has 0 aliphatic heterocycles. The Morgan fingerprint density at radius 1 is 1.30 bits per heavy atom. The molecule has 0 amide bonds. The Labute approximate surface area is 118 Å². The van der Waals surface area contributed by atoms with E-state index in [-0.39, 0.29) is 12.3 Å². The van der Waals surface area contributed by atoms with E-state index in [4.69, 9.17) is 4.42 Å². The quantitative estimate of drug-likeness (QED) is 0.873. The molecular weight excluding hydrogens is 278 g/mol. The van der Waals surface area contributed by atoms with Crippen LogP contribution in [0, 0.1) is 6.92 Å². The van der Waals surface area contributed by atoms with Crippen molar-refractivity contribution in [3.8, 4) is 11.5 Å². The first-order valence-corrected chi connectivity index (χ1v) is 8.02. The SMILES string of the molecule is CCS(=O)(=O)NCCc1nnc(-c2cccc(C)c2)o1. The Hall–Kier alpha value is -1.73. The molecule has 20 heavy (non-hydrogen) atoms. The van der Waals surface area contributed by atoms with Crippen LogP contribution in [0.25, 0.3) is 11.5 Å². The van der Waals surface area contributed by atoms with E-state index in [0.717, 1.165) is 11.1 Å². The molecule has 0 saturated carbocycles. The molecule has 0 saturated heterocycles. The molecule has 2 rings (SSSR count). The van der Waals surface area contributed by atoms with Crippen LogP contribution in [0.1, 0.15) is 18.4 Å². The molecular formula is C13H17N3O3S. The van der Waals surface area contributed by atoms with Gasteiger partial charge in [0.05, 0.1) is 5.75 Å². The first kappa shape index (κ1) is 14.7. The molecule has 1 aromatic heterocycles. The van der Waals surface area contributed by atoms with Gasteiger partial charge in [-0.25, -0.2) is 13.1 Å². The van der Waals surface area contributed by atoms with Crippen molar-refractivity contribution in [2.24, 2.45) is 0 Å². The van der Waals surface area contributed by atoms with Gasteiger partial charge in [0, 0.05) is 18.5 Å². The Kier molecular flexibility index (Phi) is 4.51. The van der Waals surface area contributed by atoms with E-state index in [1.807, 2.05) is 31.2 Å². The van der Waals surface area contributed by atoms with Crippen LogP contribution in [0.5, 0.6) is 0 Å². The van der Waals surface area contributed by atoms with Gasteiger partial charge < -0.3 is 4.42 Å². The highest BCUT2D eigenvalue weighted by atomic mass is 32.2. The minimum atomic E-state index is -3.18. The number of aryl methyl sites for hydroxylation is 1. The van der Waals surface area contributed by atoms with Crippen LogP contribution in [-0.4, -0.2) is 30.9 Å². The second-order valence-electron chi connectivity index (χ2n) is 4.42. The number of sulfonamides is 1. The lowest BCUT2D eigenvalue weighted by atomic mass is 10.1. The summed E-state index contributed by atoms with van der Waals surface area (Å²) in [6, 6.07) is 7.76. The minimum Gasteiger partial charge on any atom is -0.421 e. The molecule has 0 atom stereocenters. The number of rotatable bonds is 6. The second kappa shape index (κ2) is 6.15. The lowest BCUT2D eigenvalue weighted by Gasteiger charge is -2.01. The van der Waals surface area contributed by atoms with Gasteiger partial charge in [-0.2, -0.15) is 0 Å². The van der Waals surface area contributed by atoms with Crippen molar-refractivity contribution >= 4 is 10.0 Å². The number of benzene rings is 1. The Morgan fingerprint density at radius 2 is 2.10 bits per heavy atom. The summed E-state index contributed by atoms with van der Waals surface area (Å²) in [5.41, 5.74) is 1.97. The molecule has 1 heterocycles. The van der Waals surface area contributed by atoms with Crippen molar-refractivity contribution in [1.82, 2.24) is 14.9 Å². The van der Waals surface area contributed by atoms with E-state index in [1.165, 1.54) is 0 Å². The summed E-state index contributed by atoms with van der Waals surface area (Å²) < 4.78 is 30.5. The smallest absolute Gasteiger partial charge is 0.247 e. The summed E-state index contributed by atoms with van der Waals surface area (Å²) in [7, 11) is -3.18. The Balaban J connectivity index is 1.99. The number of hydrogen-bond acceptors (Lipinski definition) is 5. The molecule has 0 aliphatic carbocycles. The normalized spacial score (nSPS) is 11.7. The van der Waals surface area contributed by atoms with E-state index in [9.17, 15) is 8.42 Å². The molecule has 0 fully saturated rings. The zero-order chi connectivity index (χ0) is 14.6. The molecule has 0 unspecified atom stereocenters. The number of nitrogens with zero attached hydrogens (tertiary/aromatic N) is 2. The Bertz CT molecular complexity index is 680. The zero-order valence-corrected chi connectivity index (χ0v) is 12.3. The average Bonchev–Trinajstić information content (AvgIpc) is 2.87. The van der Waals surface area contributed by atoms with E-state index in [2.05, 4.69) is 14.9 Å². The van der Waals surface area contributed by atoms with Gasteiger partial charge in [0.2, 0.25) is 21.8 Å². The van der Waals surface area contributed by atoms with Gasteiger partial charge >= 0.3 is 0 Å². The van der Waals surface area contributed by atoms with Crippen LogP contribution in [0.2, 0.25) is 0 Å². The lowest BCUT2D eigenvalue weighted by Crippen LogP contribution is -2.27. The van der Waals surface area contributed by atoms with Crippen LogP contribution in [0.4, 0.5) is 0 Å².